The lowest BCUT2D eigenvalue weighted by molar-refractivity contribution is -0.130. The van der Waals surface area contributed by atoms with Gasteiger partial charge in [0.05, 0.1) is 0 Å². The molecule has 0 bridgehead atoms. The van der Waals surface area contributed by atoms with Crippen molar-refractivity contribution in [1.29, 1.82) is 0 Å². The average molecular weight is 216 g/mol. The molecule has 0 saturated carbocycles. The number of carbonyl (C=O) groups excluding carboxylic acids is 2. The quantitative estimate of drug-likeness (QED) is 0.336. The van der Waals surface area contributed by atoms with Gasteiger partial charge in [-0.2, -0.15) is 0 Å². The highest BCUT2D eigenvalue weighted by Gasteiger charge is 2.05. The third kappa shape index (κ3) is 2.92. The van der Waals surface area contributed by atoms with E-state index < -0.39 is 5.97 Å². The van der Waals surface area contributed by atoms with Crippen molar-refractivity contribution in [2.24, 2.45) is 0 Å². The zero-order chi connectivity index (χ0) is 12.1. The third-order valence-corrected chi connectivity index (χ3v) is 1.93. The molecule has 0 atom stereocenters. The van der Waals surface area contributed by atoms with Crippen LogP contribution in [-0.4, -0.2) is 12.3 Å². The molecular formula is C13H12O3. The molecule has 3 nitrogen and oxygen atoms in total. The number of carbonyl (C=O) groups is 2. The number of aldehydes is 1. The van der Waals surface area contributed by atoms with Crippen molar-refractivity contribution >= 4 is 17.8 Å². The van der Waals surface area contributed by atoms with Gasteiger partial charge in [-0.3, -0.25) is 4.79 Å². The second-order valence-electron chi connectivity index (χ2n) is 3.34. The topological polar surface area (TPSA) is 43.4 Å². The van der Waals surface area contributed by atoms with Gasteiger partial charge in [-0.1, -0.05) is 25.3 Å². The molecule has 0 N–H and O–H groups in total. The highest BCUT2D eigenvalue weighted by Crippen LogP contribution is 2.17. The van der Waals surface area contributed by atoms with Crippen LogP contribution in [-0.2, 0) is 9.59 Å². The Balaban J connectivity index is 2.79. The average Bonchev–Trinajstić information content (AvgIpc) is 2.28. The summed E-state index contributed by atoms with van der Waals surface area (Å²) in [6.07, 6.45) is 0.676. The Bertz CT molecular complexity index is 441. The predicted molar refractivity (Wildman–Crippen MR) is 62.0 cm³/mol. The lowest BCUT2D eigenvalue weighted by Gasteiger charge is -2.04. The van der Waals surface area contributed by atoms with Crippen LogP contribution in [0.4, 0.5) is 0 Å². The van der Waals surface area contributed by atoms with E-state index >= 15 is 0 Å². The zero-order valence-electron chi connectivity index (χ0n) is 9.03. The first kappa shape index (κ1) is 11.9. The largest absolute Gasteiger partial charge is 0.423 e. The van der Waals surface area contributed by atoms with Crippen LogP contribution in [0.15, 0.2) is 43.0 Å². The molecule has 0 aliphatic heterocycles. The van der Waals surface area contributed by atoms with Gasteiger partial charge < -0.3 is 4.74 Å². The Labute approximate surface area is 94.0 Å². The zero-order valence-corrected chi connectivity index (χ0v) is 9.03. The molecule has 0 heterocycles. The molecule has 1 aromatic carbocycles. The lowest BCUT2D eigenvalue weighted by Crippen LogP contribution is -2.07. The first-order valence-electron chi connectivity index (χ1n) is 4.67. The fourth-order valence-electron chi connectivity index (χ4n) is 0.999. The maximum absolute atomic E-state index is 11.2. The molecule has 0 aliphatic carbocycles. The van der Waals surface area contributed by atoms with Crippen molar-refractivity contribution in [2.45, 2.75) is 6.92 Å². The summed E-state index contributed by atoms with van der Waals surface area (Å²) in [6.45, 7) is 8.62. The Morgan fingerprint density at radius 2 is 1.81 bits per heavy atom. The van der Waals surface area contributed by atoms with Gasteiger partial charge in [0.25, 0.3) is 0 Å². The van der Waals surface area contributed by atoms with Gasteiger partial charge in [0.1, 0.15) is 12.0 Å². The fourth-order valence-corrected chi connectivity index (χ4v) is 0.999. The normalized spacial score (nSPS) is 9.31. The first-order valence-corrected chi connectivity index (χ1v) is 4.67. The molecule has 1 rings (SSSR count). The summed E-state index contributed by atoms with van der Waals surface area (Å²) >= 11 is 0. The van der Waals surface area contributed by atoms with Gasteiger partial charge in [0.2, 0.25) is 0 Å². The molecule has 0 fully saturated rings. The fraction of sp³-hybridized carbons (Fsp3) is 0.0769. The van der Waals surface area contributed by atoms with E-state index in [-0.39, 0.29) is 0 Å². The highest BCUT2D eigenvalue weighted by atomic mass is 16.5. The number of esters is 1. The maximum atomic E-state index is 11.2. The van der Waals surface area contributed by atoms with Crippen molar-refractivity contribution in [2.75, 3.05) is 0 Å². The molecule has 0 aliphatic rings. The number of ether oxygens (including phenoxy) is 1. The van der Waals surface area contributed by atoms with Gasteiger partial charge in [-0.25, -0.2) is 4.79 Å². The van der Waals surface area contributed by atoms with E-state index in [1.807, 2.05) is 0 Å². The SMILES string of the molecule is C=C(C)C(=O)Oc1ccc(C(=C)C=O)cc1. The van der Waals surface area contributed by atoms with E-state index in [1.54, 1.807) is 31.2 Å². The molecule has 82 valence electrons. The van der Waals surface area contributed by atoms with Crippen LogP contribution >= 0.6 is 0 Å². The predicted octanol–water partition coefficient (Wildman–Crippen LogP) is 2.38. The highest BCUT2D eigenvalue weighted by molar-refractivity contribution is 6.05. The smallest absolute Gasteiger partial charge is 0.338 e. The van der Waals surface area contributed by atoms with E-state index in [9.17, 15) is 9.59 Å². The standard InChI is InChI=1S/C13H12O3/c1-9(2)13(15)16-12-6-4-11(5-7-12)10(3)8-14/h4-8H,1,3H2,2H3. The summed E-state index contributed by atoms with van der Waals surface area (Å²) in [7, 11) is 0. The molecule has 0 radical (unpaired) electrons. The summed E-state index contributed by atoms with van der Waals surface area (Å²) in [4.78, 5) is 21.7. The Kier molecular flexibility index (Phi) is 3.78. The Morgan fingerprint density at radius 1 is 1.25 bits per heavy atom. The second-order valence-corrected chi connectivity index (χ2v) is 3.34. The van der Waals surface area contributed by atoms with Crippen LogP contribution in [0.3, 0.4) is 0 Å². The molecular weight excluding hydrogens is 204 g/mol. The van der Waals surface area contributed by atoms with Crippen molar-refractivity contribution in [1.82, 2.24) is 0 Å². The van der Waals surface area contributed by atoms with Crippen molar-refractivity contribution in [3.8, 4) is 5.75 Å². The molecule has 0 saturated heterocycles. The van der Waals surface area contributed by atoms with Crippen LogP contribution in [0.5, 0.6) is 5.75 Å². The summed E-state index contributed by atoms with van der Waals surface area (Å²) in [5.74, 6) is -0.0580. The molecule has 0 spiro atoms. The third-order valence-electron chi connectivity index (χ3n) is 1.93. The molecule has 1 aromatic rings. The van der Waals surface area contributed by atoms with E-state index in [2.05, 4.69) is 13.2 Å². The van der Waals surface area contributed by atoms with E-state index in [0.29, 0.717) is 28.7 Å². The van der Waals surface area contributed by atoms with Crippen molar-refractivity contribution in [3.63, 3.8) is 0 Å². The van der Waals surface area contributed by atoms with E-state index in [4.69, 9.17) is 4.74 Å². The summed E-state index contributed by atoms with van der Waals surface area (Å²) in [5.41, 5.74) is 1.42. The van der Waals surface area contributed by atoms with Crippen LogP contribution < -0.4 is 4.74 Å². The summed E-state index contributed by atoms with van der Waals surface area (Å²) in [5, 5.41) is 0. The Hall–Kier alpha value is -2.16. The van der Waals surface area contributed by atoms with Gasteiger partial charge in [-0.05, 0) is 24.6 Å². The minimum absolute atomic E-state index is 0.335. The molecule has 16 heavy (non-hydrogen) atoms. The van der Waals surface area contributed by atoms with Gasteiger partial charge in [0, 0.05) is 11.1 Å². The number of benzene rings is 1. The molecule has 0 unspecified atom stereocenters. The van der Waals surface area contributed by atoms with Crippen molar-refractivity contribution in [3.05, 3.63) is 48.6 Å². The minimum Gasteiger partial charge on any atom is -0.423 e. The Morgan fingerprint density at radius 3 is 2.25 bits per heavy atom. The number of allylic oxidation sites excluding steroid dienone is 1. The number of hydrogen-bond acceptors (Lipinski definition) is 3. The maximum Gasteiger partial charge on any atom is 0.338 e. The number of hydrogen-bond donors (Lipinski definition) is 0. The van der Waals surface area contributed by atoms with Crippen LogP contribution in [0, 0.1) is 0 Å². The van der Waals surface area contributed by atoms with E-state index in [1.165, 1.54) is 0 Å². The molecule has 0 aromatic heterocycles. The van der Waals surface area contributed by atoms with E-state index in [0.717, 1.165) is 0 Å². The van der Waals surface area contributed by atoms with Crippen LogP contribution in [0.1, 0.15) is 12.5 Å². The minimum atomic E-state index is -0.470. The first-order chi connectivity index (χ1) is 7.54. The van der Waals surface area contributed by atoms with Crippen LogP contribution in [0.2, 0.25) is 0 Å². The van der Waals surface area contributed by atoms with Crippen LogP contribution in [0.25, 0.3) is 5.57 Å². The molecule has 0 amide bonds. The van der Waals surface area contributed by atoms with Crippen molar-refractivity contribution < 1.29 is 14.3 Å². The second kappa shape index (κ2) is 5.07. The summed E-state index contributed by atoms with van der Waals surface area (Å²) in [6, 6.07) is 6.53. The lowest BCUT2D eigenvalue weighted by atomic mass is 10.1. The summed E-state index contributed by atoms with van der Waals surface area (Å²) < 4.78 is 4.99. The molecule has 3 heteroatoms. The van der Waals surface area contributed by atoms with Gasteiger partial charge >= 0.3 is 5.97 Å². The monoisotopic (exact) mass is 216 g/mol. The van der Waals surface area contributed by atoms with Gasteiger partial charge in [0.15, 0.2) is 0 Å². The van der Waals surface area contributed by atoms with Gasteiger partial charge in [-0.15, -0.1) is 0 Å². The number of rotatable bonds is 4.